The second-order valence-corrected chi connectivity index (χ2v) is 14.7. The number of halogens is 1. The largest absolute Gasteiger partial charge is 0.491 e. The minimum absolute atomic E-state index is 0.0233. The van der Waals surface area contributed by atoms with Crippen LogP contribution in [0, 0.1) is 11.8 Å². The summed E-state index contributed by atoms with van der Waals surface area (Å²) in [6, 6.07) is 11.5. The van der Waals surface area contributed by atoms with Crippen molar-refractivity contribution in [3.63, 3.8) is 0 Å². The summed E-state index contributed by atoms with van der Waals surface area (Å²) >= 11 is 6.43. The van der Waals surface area contributed by atoms with Crippen LogP contribution in [0.15, 0.2) is 48.6 Å². The molecule has 43 heavy (non-hydrogen) atoms. The van der Waals surface area contributed by atoms with Gasteiger partial charge in [-0.3, -0.25) is 4.79 Å². The Hall–Kier alpha value is -2.55. The summed E-state index contributed by atoms with van der Waals surface area (Å²) in [5, 5.41) is 0.0822. The van der Waals surface area contributed by atoms with Crippen molar-refractivity contribution in [3.8, 4) is 5.75 Å². The molecular formula is C34H45ClN2O5S. The number of amides is 1. The fraction of sp³-hybridized carbons (Fsp3) is 0.559. The van der Waals surface area contributed by atoms with E-state index >= 15 is 0 Å². The number of aryl methyl sites for hydroxylation is 1. The molecule has 2 aliphatic heterocycles. The number of unbranched alkanes of at least 4 members (excludes halogenated alkanes) is 1. The first kappa shape index (κ1) is 31.9. The average molecular weight is 629 g/mol. The molecule has 0 unspecified atom stereocenters. The number of fused-ring (bicyclic) bond motifs is 2. The number of ether oxygens (including phenoxy) is 2. The molecule has 0 radical (unpaired) electrons. The number of carbonyl (C=O) groups excluding carboxylic acids is 1. The highest BCUT2D eigenvalue weighted by Gasteiger charge is 2.39. The van der Waals surface area contributed by atoms with Gasteiger partial charge in [0.15, 0.2) is 0 Å². The van der Waals surface area contributed by atoms with Crippen molar-refractivity contribution in [3.05, 3.63) is 70.3 Å². The highest BCUT2D eigenvalue weighted by Crippen LogP contribution is 2.43. The van der Waals surface area contributed by atoms with Crippen LogP contribution in [-0.4, -0.2) is 52.5 Å². The molecule has 1 amide bonds. The number of allylic oxidation sites excluding steroid dienone is 1. The van der Waals surface area contributed by atoms with Crippen LogP contribution < -0.4 is 14.4 Å². The van der Waals surface area contributed by atoms with Crippen molar-refractivity contribution < 1.29 is 22.7 Å². The number of nitrogens with zero attached hydrogens (tertiary/aromatic N) is 1. The Bertz CT molecular complexity index is 1430. The second kappa shape index (κ2) is 14.0. The summed E-state index contributed by atoms with van der Waals surface area (Å²) in [6.45, 7) is 6.05. The van der Waals surface area contributed by atoms with Gasteiger partial charge in [0.05, 0.1) is 23.6 Å². The summed E-state index contributed by atoms with van der Waals surface area (Å²) in [5.41, 5.74) is 3.64. The van der Waals surface area contributed by atoms with E-state index in [4.69, 9.17) is 21.1 Å². The van der Waals surface area contributed by atoms with Gasteiger partial charge in [-0.25, -0.2) is 13.1 Å². The van der Waals surface area contributed by atoms with Gasteiger partial charge in [-0.15, -0.1) is 0 Å². The van der Waals surface area contributed by atoms with Crippen LogP contribution in [0.2, 0.25) is 5.02 Å². The van der Waals surface area contributed by atoms with E-state index in [1.807, 2.05) is 25.1 Å². The third-order valence-corrected chi connectivity index (χ3v) is 11.7. The molecule has 234 valence electrons. The molecule has 1 fully saturated rings. The number of sulfonamides is 1. The zero-order valence-electron chi connectivity index (χ0n) is 25.6. The van der Waals surface area contributed by atoms with Crippen molar-refractivity contribution in [2.75, 3.05) is 31.7 Å². The van der Waals surface area contributed by atoms with Crippen LogP contribution in [0.5, 0.6) is 5.75 Å². The first-order valence-electron chi connectivity index (χ1n) is 15.8. The van der Waals surface area contributed by atoms with Gasteiger partial charge in [0.25, 0.3) is 5.91 Å². The first-order valence-corrected chi connectivity index (χ1v) is 17.7. The number of anilines is 1. The minimum Gasteiger partial charge on any atom is -0.491 e. The van der Waals surface area contributed by atoms with Crippen LogP contribution in [0.1, 0.15) is 86.2 Å². The lowest BCUT2D eigenvalue weighted by atomic mass is 9.70. The van der Waals surface area contributed by atoms with Crippen molar-refractivity contribution in [1.82, 2.24) is 4.72 Å². The van der Waals surface area contributed by atoms with Crippen molar-refractivity contribution in [1.29, 1.82) is 0 Å². The van der Waals surface area contributed by atoms with Crippen molar-refractivity contribution >= 4 is 33.2 Å². The van der Waals surface area contributed by atoms with E-state index in [-0.39, 0.29) is 12.0 Å². The number of methoxy groups -OCH3 is 1. The zero-order valence-corrected chi connectivity index (χ0v) is 27.1. The lowest BCUT2D eigenvalue weighted by Gasteiger charge is -2.43. The summed E-state index contributed by atoms with van der Waals surface area (Å²) in [7, 11) is -2.09. The quantitative estimate of drug-likeness (QED) is 0.351. The van der Waals surface area contributed by atoms with E-state index < -0.39 is 21.2 Å². The Balaban J connectivity index is 1.54. The molecule has 0 aromatic heterocycles. The summed E-state index contributed by atoms with van der Waals surface area (Å²) in [4.78, 5) is 15.7. The van der Waals surface area contributed by atoms with Gasteiger partial charge < -0.3 is 14.4 Å². The molecular weight excluding hydrogens is 584 g/mol. The first-order chi connectivity index (χ1) is 20.7. The number of benzene rings is 2. The topological polar surface area (TPSA) is 84.9 Å². The van der Waals surface area contributed by atoms with Gasteiger partial charge >= 0.3 is 0 Å². The summed E-state index contributed by atoms with van der Waals surface area (Å²) in [5.74, 6) is 0.984. The third-order valence-electron chi connectivity index (χ3n) is 9.52. The molecule has 2 heterocycles. The van der Waals surface area contributed by atoms with Crippen molar-refractivity contribution in [2.45, 2.75) is 82.5 Å². The number of nitrogens with one attached hydrogen (secondary N) is 1. The maximum absolute atomic E-state index is 13.3. The number of rotatable bonds is 6. The van der Waals surface area contributed by atoms with Crippen molar-refractivity contribution in [2.24, 2.45) is 11.8 Å². The Kier molecular flexibility index (Phi) is 10.4. The third kappa shape index (κ3) is 7.23. The molecule has 0 saturated heterocycles. The molecule has 1 aliphatic carbocycles. The van der Waals surface area contributed by atoms with E-state index in [0.29, 0.717) is 55.6 Å². The zero-order chi connectivity index (χ0) is 30.6. The number of hydrogen-bond acceptors (Lipinski definition) is 6. The molecule has 2 bridgehead atoms. The Morgan fingerprint density at radius 3 is 2.65 bits per heavy atom. The van der Waals surface area contributed by atoms with Gasteiger partial charge in [-0.2, -0.15) is 0 Å². The molecule has 0 spiro atoms. The Morgan fingerprint density at radius 2 is 1.93 bits per heavy atom. The molecule has 9 heteroatoms. The molecule has 5 rings (SSSR count). The normalized spacial score (nSPS) is 28.0. The standard InChI is InChI=1S/C34H45ClN2O5S/c1-4-6-9-23-18-27(35)14-16-29(23)26-21-37-20-25-12-15-30(25)32(41-3)11-8-7-10-28(5-2)43(39,40)36-34(38)24-13-17-33(42-22-26)31(37)19-24/h8,11,13-14,16-19,25-26,28,30,32H,4-7,9-10,12,15,20-22H2,1-3H3,(H,36,38)/b11-8+/t25-,26-,28+,30+,32-/m0/s1. The Morgan fingerprint density at radius 1 is 1.09 bits per heavy atom. The van der Waals surface area contributed by atoms with E-state index in [2.05, 4.69) is 34.8 Å². The van der Waals surface area contributed by atoms with Gasteiger partial charge in [-0.1, -0.05) is 50.1 Å². The highest BCUT2D eigenvalue weighted by atomic mass is 35.5. The van der Waals surface area contributed by atoms with Crippen LogP contribution in [0.3, 0.4) is 0 Å². The predicted octanol–water partition coefficient (Wildman–Crippen LogP) is 6.89. The average Bonchev–Trinajstić information content (AvgIpc) is 3.15. The number of carbonyl (C=O) groups is 1. The van der Waals surface area contributed by atoms with Gasteiger partial charge in [0.1, 0.15) is 5.75 Å². The maximum Gasteiger partial charge on any atom is 0.264 e. The van der Waals surface area contributed by atoms with E-state index in [1.165, 1.54) is 11.1 Å². The SMILES string of the molecule is CCCCc1cc(Cl)ccc1[C@@H]1COc2ccc3cc2N(C1)C[C@@H]1CC[C@H]1[C@@H](OC)/C=C/CC[C@@H](CC)S(=O)(=O)NC3=O. The Labute approximate surface area is 262 Å². The molecule has 7 nitrogen and oxygen atoms in total. The highest BCUT2D eigenvalue weighted by molar-refractivity contribution is 7.90. The monoisotopic (exact) mass is 628 g/mol. The maximum atomic E-state index is 13.3. The molecule has 1 saturated carbocycles. The van der Waals surface area contributed by atoms with Crippen LogP contribution in [-0.2, 0) is 21.2 Å². The second-order valence-electron chi connectivity index (χ2n) is 12.3. The van der Waals surface area contributed by atoms with Crippen LogP contribution >= 0.6 is 11.6 Å². The molecule has 2 aromatic carbocycles. The van der Waals surface area contributed by atoms with E-state index in [0.717, 1.165) is 49.4 Å². The number of hydrogen-bond donors (Lipinski definition) is 1. The van der Waals surface area contributed by atoms with Crippen LogP contribution in [0.4, 0.5) is 5.69 Å². The molecule has 5 atom stereocenters. The summed E-state index contributed by atoms with van der Waals surface area (Å²) in [6.07, 6.45) is 10.9. The minimum atomic E-state index is -3.85. The van der Waals surface area contributed by atoms with E-state index in [1.54, 1.807) is 19.2 Å². The lowest BCUT2D eigenvalue weighted by Crippen LogP contribution is -2.44. The molecule has 2 aromatic rings. The smallest absolute Gasteiger partial charge is 0.264 e. The summed E-state index contributed by atoms with van der Waals surface area (Å²) < 4.78 is 41.2. The predicted molar refractivity (Wildman–Crippen MR) is 173 cm³/mol. The van der Waals surface area contributed by atoms with Gasteiger partial charge in [-0.05, 0) is 98.2 Å². The molecule has 1 N–H and O–H groups in total. The molecule has 3 aliphatic rings. The van der Waals surface area contributed by atoms with Gasteiger partial charge in [0.2, 0.25) is 10.0 Å². The fourth-order valence-electron chi connectivity index (χ4n) is 6.85. The fourth-order valence-corrected chi connectivity index (χ4v) is 8.47. The van der Waals surface area contributed by atoms with Crippen LogP contribution in [0.25, 0.3) is 0 Å². The van der Waals surface area contributed by atoms with E-state index in [9.17, 15) is 13.2 Å². The van der Waals surface area contributed by atoms with Gasteiger partial charge in [0, 0.05) is 36.7 Å². The lowest BCUT2D eigenvalue weighted by molar-refractivity contribution is 0.0134.